The molecule has 0 unspecified atom stereocenters. The van der Waals surface area contributed by atoms with Gasteiger partial charge in [0.1, 0.15) is 11.1 Å². The average Bonchev–Trinajstić information content (AvgIpc) is 2.96. The lowest BCUT2D eigenvalue weighted by molar-refractivity contribution is 0.0978. The van der Waals surface area contributed by atoms with E-state index in [1.165, 1.54) is 4.88 Å². The van der Waals surface area contributed by atoms with E-state index in [1.807, 2.05) is 13.0 Å². The van der Waals surface area contributed by atoms with Gasteiger partial charge in [0, 0.05) is 4.88 Å². The molecule has 1 aliphatic carbocycles. The lowest BCUT2D eigenvalue weighted by Crippen LogP contribution is -2.34. The number of thiophene rings is 1. The Balaban J connectivity index is 1.75. The quantitative estimate of drug-likeness (QED) is 0.568. The van der Waals surface area contributed by atoms with E-state index in [0.717, 1.165) is 30.4 Å². The molecule has 0 aliphatic heterocycles. The van der Waals surface area contributed by atoms with Gasteiger partial charge in [-0.05, 0) is 73.0 Å². The second kappa shape index (κ2) is 8.43. The molecule has 4 nitrogen and oxygen atoms in total. The molecule has 1 amide bonds. The number of thiocarbonyl (C=S) groups is 1. The molecular formula is C22H24ClN3OS2. The highest BCUT2D eigenvalue weighted by molar-refractivity contribution is 7.80. The monoisotopic (exact) mass is 445 g/mol. The second-order valence-electron chi connectivity index (χ2n) is 8.52. The van der Waals surface area contributed by atoms with E-state index in [-0.39, 0.29) is 16.4 Å². The maximum atomic E-state index is 12.5. The fraction of sp³-hybridized carbons (Fsp3) is 0.409. The number of nitrogens with one attached hydrogen (secondary N) is 2. The highest BCUT2D eigenvalue weighted by Crippen LogP contribution is 2.43. The van der Waals surface area contributed by atoms with Gasteiger partial charge in [-0.25, -0.2) is 0 Å². The number of amides is 1. The Hall–Kier alpha value is -1.94. The number of hydrogen-bond donors (Lipinski definition) is 2. The fourth-order valence-electron chi connectivity index (χ4n) is 3.64. The third-order valence-electron chi connectivity index (χ3n) is 5.43. The van der Waals surface area contributed by atoms with Crippen molar-refractivity contribution in [2.24, 2.45) is 11.3 Å². The first-order valence-corrected chi connectivity index (χ1v) is 11.1. The maximum Gasteiger partial charge on any atom is 0.258 e. The Morgan fingerprint density at radius 2 is 2.10 bits per heavy atom. The van der Waals surface area contributed by atoms with Crippen LogP contribution < -0.4 is 10.6 Å². The Morgan fingerprint density at radius 1 is 1.38 bits per heavy atom. The highest BCUT2D eigenvalue weighted by Gasteiger charge is 2.32. The molecule has 1 aromatic heterocycles. The van der Waals surface area contributed by atoms with Gasteiger partial charge in [-0.15, -0.1) is 11.3 Å². The molecule has 1 aliphatic rings. The standard InChI is InChI=1S/C22H24ClN3OS2/c1-12-5-7-15(17(23)9-12)19(27)25-21(28)26-20-16(11-24)14-8-6-13(22(2,3)4)10-18(14)29-20/h5,7,9,13H,6,8,10H2,1-4H3,(H2,25,26,27,28)/t13-/m0/s1. The predicted molar refractivity (Wildman–Crippen MR) is 124 cm³/mol. The number of halogens is 1. The van der Waals surface area contributed by atoms with Crippen molar-refractivity contribution in [3.8, 4) is 6.07 Å². The summed E-state index contributed by atoms with van der Waals surface area (Å²) in [6.07, 6.45) is 2.95. The minimum absolute atomic E-state index is 0.161. The number of benzene rings is 1. The van der Waals surface area contributed by atoms with Gasteiger partial charge in [-0.1, -0.05) is 38.4 Å². The summed E-state index contributed by atoms with van der Waals surface area (Å²) in [5.74, 6) is 0.212. The molecule has 3 rings (SSSR count). The van der Waals surface area contributed by atoms with Crippen LogP contribution in [-0.4, -0.2) is 11.0 Å². The first kappa shape index (κ1) is 21.8. The number of nitriles is 1. The van der Waals surface area contributed by atoms with Crippen molar-refractivity contribution in [3.63, 3.8) is 0 Å². The third-order valence-corrected chi connectivity index (χ3v) is 7.11. The Morgan fingerprint density at radius 3 is 2.72 bits per heavy atom. The van der Waals surface area contributed by atoms with Crippen molar-refractivity contribution in [1.29, 1.82) is 5.26 Å². The van der Waals surface area contributed by atoms with Crippen LogP contribution in [0.25, 0.3) is 0 Å². The fourth-order valence-corrected chi connectivity index (χ4v) is 5.50. The van der Waals surface area contributed by atoms with E-state index in [0.29, 0.717) is 27.1 Å². The molecule has 0 saturated carbocycles. The van der Waals surface area contributed by atoms with Crippen molar-refractivity contribution in [3.05, 3.63) is 50.4 Å². The molecule has 1 atom stereocenters. The number of rotatable bonds is 2. The van der Waals surface area contributed by atoms with Crippen molar-refractivity contribution in [1.82, 2.24) is 5.32 Å². The SMILES string of the molecule is Cc1ccc(C(=O)NC(=S)Nc2sc3c(c2C#N)CC[C@H](C(C)(C)C)C3)c(Cl)c1. The third kappa shape index (κ3) is 4.80. The average molecular weight is 446 g/mol. The van der Waals surface area contributed by atoms with E-state index in [9.17, 15) is 10.1 Å². The Kier molecular flexibility index (Phi) is 6.33. The summed E-state index contributed by atoms with van der Waals surface area (Å²) in [7, 11) is 0. The molecule has 1 heterocycles. The second-order valence-corrected chi connectivity index (χ2v) is 10.4. The van der Waals surface area contributed by atoms with Gasteiger partial charge in [0.15, 0.2) is 5.11 Å². The van der Waals surface area contributed by atoms with Crippen LogP contribution in [0.3, 0.4) is 0 Å². The van der Waals surface area contributed by atoms with Gasteiger partial charge in [0.2, 0.25) is 0 Å². The molecule has 2 N–H and O–H groups in total. The summed E-state index contributed by atoms with van der Waals surface area (Å²) >= 11 is 13.1. The van der Waals surface area contributed by atoms with Crippen LogP contribution in [-0.2, 0) is 12.8 Å². The summed E-state index contributed by atoms with van der Waals surface area (Å²) in [5, 5.41) is 16.7. The largest absolute Gasteiger partial charge is 0.323 e. The predicted octanol–water partition coefficient (Wildman–Crippen LogP) is 5.86. The van der Waals surface area contributed by atoms with Gasteiger partial charge >= 0.3 is 0 Å². The van der Waals surface area contributed by atoms with E-state index < -0.39 is 0 Å². The number of fused-ring (bicyclic) bond motifs is 1. The molecule has 0 fully saturated rings. The number of aryl methyl sites for hydroxylation is 1. The summed E-state index contributed by atoms with van der Waals surface area (Å²) in [6, 6.07) is 7.55. The van der Waals surface area contributed by atoms with Crippen molar-refractivity contribution >= 4 is 51.2 Å². The van der Waals surface area contributed by atoms with E-state index >= 15 is 0 Å². The molecule has 0 bridgehead atoms. The van der Waals surface area contributed by atoms with Crippen molar-refractivity contribution < 1.29 is 4.79 Å². The van der Waals surface area contributed by atoms with Gasteiger partial charge in [-0.3, -0.25) is 10.1 Å². The van der Waals surface area contributed by atoms with Gasteiger partial charge in [0.25, 0.3) is 5.91 Å². The van der Waals surface area contributed by atoms with Crippen molar-refractivity contribution in [2.75, 3.05) is 5.32 Å². The zero-order chi connectivity index (χ0) is 21.3. The van der Waals surface area contributed by atoms with Crippen LogP contribution in [0.15, 0.2) is 18.2 Å². The van der Waals surface area contributed by atoms with Crippen molar-refractivity contribution in [2.45, 2.75) is 47.0 Å². The number of hydrogen-bond acceptors (Lipinski definition) is 4. The van der Waals surface area contributed by atoms with Crippen LogP contribution >= 0.6 is 35.2 Å². The molecule has 0 spiro atoms. The normalized spacial score (nSPS) is 15.9. The molecule has 0 saturated heterocycles. The first-order chi connectivity index (χ1) is 13.6. The summed E-state index contributed by atoms with van der Waals surface area (Å²) in [6.45, 7) is 8.70. The van der Waals surface area contributed by atoms with Crippen LogP contribution in [0.4, 0.5) is 5.00 Å². The van der Waals surface area contributed by atoms with E-state index in [2.05, 4.69) is 37.5 Å². The maximum absolute atomic E-state index is 12.5. The molecule has 0 radical (unpaired) electrons. The lowest BCUT2D eigenvalue weighted by atomic mass is 9.72. The summed E-state index contributed by atoms with van der Waals surface area (Å²) in [5.41, 5.74) is 3.33. The first-order valence-electron chi connectivity index (χ1n) is 9.53. The Bertz CT molecular complexity index is 1010. The number of nitrogens with zero attached hydrogens (tertiary/aromatic N) is 1. The summed E-state index contributed by atoms with van der Waals surface area (Å²) in [4.78, 5) is 13.7. The van der Waals surface area contributed by atoms with E-state index in [1.54, 1.807) is 23.5 Å². The number of anilines is 1. The zero-order valence-corrected chi connectivity index (χ0v) is 19.4. The number of carbonyl (C=O) groups excluding carboxylic acids is 1. The molecular weight excluding hydrogens is 422 g/mol. The smallest absolute Gasteiger partial charge is 0.258 e. The summed E-state index contributed by atoms with van der Waals surface area (Å²) < 4.78 is 0. The molecule has 7 heteroatoms. The van der Waals surface area contributed by atoms with E-state index in [4.69, 9.17) is 23.8 Å². The van der Waals surface area contributed by atoms with Gasteiger partial charge < -0.3 is 5.32 Å². The molecule has 152 valence electrons. The highest BCUT2D eigenvalue weighted by atomic mass is 35.5. The zero-order valence-electron chi connectivity index (χ0n) is 17.0. The lowest BCUT2D eigenvalue weighted by Gasteiger charge is -2.33. The van der Waals surface area contributed by atoms with Crippen LogP contribution in [0.2, 0.25) is 5.02 Å². The van der Waals surface area contributed by atoms with Crippen LogP contribution in [0.5, 0.6) is 0 Å². The molecule has 29 heavy (non-hydrogen) atoms. The minimum Gasteiger partial charge on any atom is -0.323 e. The van der Waals surface area contributed by atoms with Crippen LogP contribution in [0, 0.1) is 29.6 Å². The number of carbonyl (C=O) groups is 1. The van der Waals surface area contributed by atoms with Crippen LogP contribution in [0.1, 0.15) is 59.1 Å². The Labute approximate surface area is 186 Å². The topological polar surface area (TPSA) is 64.9 Å². The van der Waals surface area contributed by atoms with Gasteiger partial charge in [-0.2, -0.15) is 5.26 Å². The molecule has 1 aromatic carbocycles. The minimum atomic E-state index is -0.375. The molecule has 2 aromatic rings. The van der Waals surface area contributed by atoms with Gasteiger partial charge in [0.05, 0.1) is 16.1 Å².